The number of benzene rings is 2. The van der Waals surface area contributed by atoms with Gasteiger partial charge in [0, 0.05) is 17.2 Å². The van der Waals surface area contributed by atoms with Crippen LogP contribution in [0.4, 0.5) is 0 Å². The van der Waals surface area contributed by atoms with Crippen molar-refractivity contribution in [3.63, 3.8) is 0 Å². The smallest absolute Gasteiger partial charge is 0.232 e. The molecule has 1 aliphatic carbocycles. The lowest BCUT2D eigenvalue weighted by Crippen LogP contribution is -2.39. The van der Waals surface area contributed by atoms with Crippen molar-refractivity contribution in [2.24, 2.45) is 0 Å². The van der Waals surface area contributed by atoms with Crippen LogP contribution in [0.15, 0.2) is 48.5 Å². The van der Waals surface area contributed by atoms with Crippen LogP contribution in [0.5, 0.6) is 11.5 Å². The molecule has 2 aromatic carbocycles. The Morgan fingerprint density at radius 1 is 0.800 bits per heavy atom. The molecule has 0 atom stereocenters. The van der Waals surface area contributed by atoms with E-state index in [4.69, 9.17) is 4.74 Å². The van der Waals surface area contributed by atoms with Crippen molar-refractivity contribution in [1.29, 1.82) is 0 Å². The fraction of sp³-hybridized carbons (Fsp3) is 0.409. The average molecular weight is 335 g/mol. The van der Waals surface area contributed by atoms with Gasteiger partial charge in [-0.25, -0.2) is 0 Å². The van der Waals surface area contributed by atoms with Gasteiger partial charge in [-0.2, -0.15) is 0 Å². The molecule has 0 bridgehead atoms. The van der Waals surface area contributed by atoms with Crippen molar-refractivity contribution < 1.29 is 9.53 Å². The van der Waals surface area contributed by atoms with Crippen molar-refractivity contribution in [2.45, 2.75) is 56.9 Å². The molecule has 0 radical (unpaired) electrons. The second kappa shape index (κ2) is 7.30. The molecule has 1 fully saturated rings. The third-order valence-electron chi connectivity index (χ3n) is 5.39. The number of carbonyl (C=O) groups is 1. The van der Waals surface area contributed by atoms with Crippen LogP contribution in [0.25, 0.3) is 0 Å². The molecule has 1 heterocycles. The third-order valence-corrected chi connectivity index (χ3v) is 5.39. The van der Waals surface area contributed by atoms with Crippen LogP contribution in [0.3, 0.4) is 0 Å². The Hall–Kier alpha value is -2.29. The lowest BCUT2D eigenvalue weighted by atomic mass is 9.86. The highest BCUT2D eigenvalue weighted by atomic mass is 16.5. The summed E-state index contributed by atoms with van der Waals surface area (Å²) in [4.78, 5) is 13.2. The molecule has 1 N–H and O–H groups in total. The first-order valence-electron chi connectivity index (χ1n) is 9.49. The summed E-state index contributed by atoms with van der Waals surface area (Å²) in [6, 6.07) is 16.1. The van der Waals surface area contributed by atoms with E-state index in [-0.39, 0.29) is 11.8 Å². The average Bonchev–Trinajstić information content (AvgIpc) is 2.61. The van der Waals surface area contributed by atoms with E-state index in [1.54, 1.807) is 0 Å². The maximum absolute atomic E-state index is 13.2. The zero-order chi connectivity index (χ0) is 17.1. The van der Waals surface area contributed by atoms with Gasteiger partial charge in [-0.3, -0.25) is 4.79 Å². The van der Waals surface area contributed by atoms with E-state index >= 15 is 0 Å². The summed E-state index contributed by atoms with van der Waals surface area (Å²) in [5.74, 6) is 1.40. The molecule has 2 aliphatic rings. The van der Waals surface area contributed by atoms with Gasteiger partial charge in [0.05, 0.1) is 5.92 Å². The normalized spacial score (nSPS) is 18.2. The Balaban J connectivity index is 1.61. The number of nitrogens with one attached hydrogen (secondary N) is 1. The van der Waals surface area contributed by atoms with Crippen molar-refractivity contribution in [3.05, 3.63) is 59.7 Å². The molecule has 1 aliphatic heterocycles. The van der Waals surface area contributed by atoms with Gasteiger partial charge in [-0.05, 0) is 25.0 Å². The summed E-state index contributed by atoms with van der Waals surface area (Å²) in [6.07, 6.45) is 8.53. The van der Waals surface area contributed by atoms with Gasteiger partial charge in [-0.15, -0.1) is 0 Å². The van der Waals surface area contributed by atoms with E-state index in [9.17, 15) is 4.79 Å². The summed E-state index contributed by atoms with van der Waals surface area (Å²) in [6.45, 7) is 0. The number of rotatable bonds is 2. The van der Waals surface area contributed by atoms with Gasteiger partial charge in [-0.1, -0.05) is 68.5 Å². The topological polar surface area (TPSA) is 38.3 Å². The van der Waals surface area contributed by atoms with E-state index < -0.39 is 0 Å². The summed E-state index contributed by atoms with van der Waals surface area (Å²) in [7, 11) is 0. The Bertz CT molecular complexity index is 702. The van der Waals surface area contributed by atoms with Gasteiger partial charge in [0.25, 0.3) is 0 Å². The standard InChI is InChI=1S/C22H25NO2/c24-22(23-16-10-4-2-1-3-5-11-16)21-17-12-6-8-14-19(17)25-20-15-9-7-13-18(20)21/h6-9,12-16,21H,1-5,10-11H2,(H,23,24). The second-order valence-electron chi connectivity index (χ2n) is 7.16. The predicted octanol–water partition coefficient (Wildman–Crippen LogP) is 5.15. The number of ether oxygens (including phenoxy) is 1. The van der Waals surface area contributed by atoms with Gasteiger partial charge < -0.3 is 10.1 Å². The lowest BCUT2D eigenvalue weighted by Gasteiger charge is -2.29. The van der Waals surface area contributed by atoms with Crippen LogP contribution in [-0.2, 0) is 4.79 Å². The van der Waals surface area contributed by atoms with Crippen molar-refractivity contribution >= 4 is 5.91 Å². The molecule has 25 heavy (non-hydrogen) atoms. The first kappa shape index (κ1) is 16.2. The van der Waals surface area contributed by atoms with E-state index in [1.165, 1.54) is 32.1 Å². The second-order valence-corrected chi connectivity index (χ2v) is 7.16. The number of carbonyl (C=O) groups excluding carboxylic acids is 1. The Morgan fingerprint density at radius 3 is 1.92 bits per heavy atom. The van der Waals surface area contributed by atoms with Crippen LogP contribution in [0, 0.1) is 0 Å². The molecule has 4 rings (SSSR count). The number of hydrogen-bond donors (Lipinski definition) is 1. The molecule has 1 saturated carbocycles. The van der Waals surface area contributed by atoms with Crippen molar-refractivity contribution in [1.82, 2.24) is 5.32 Å². The van der Waals surface area contributed by atoms with Gasteiger partial charge in [0.2, 0.25) is 5.91 Å². The summed E-state index contributed by atoms with van der Waals surface area (Å²) in [5.41, 5.74) is 1.93. The number of fused-ring (bicyclic) bond motifs is 2. The molecule has 3 nitrogen and oxygen atoms in total. The number of amides is 1. The number of para-hydroxylation sites is 2. The van der Waals surface area contributed by atoms with Crippen LogP contribution in [0.1, 0.15) is 62.0 Å². The van der Waals surface area contributed by atoms with Gasteiger partial charge in [0.1, 0.15) is 11.5 Å². The SMILES string of the molecule is O=C(NC1CCCCCCC1)C1c2ccccc2Oc2ccccc21. The zero-order valence-corrected chi connectivity index (χ0v) is 14.5. The maximum atomic E-state index is 13.2. The predicted molar refractivity (Wildman–Crippen MR) is 99.1 cm³/mol. The van der Waals surface area contributed by atoms with Crippen LogP contribution >= 0.6 is 0 Å². The van der Waals surface area contributed by atoms with Crippen LogP contribution < -0.4 is 10.1 Å². The molecule has 0 aromatic heterocycles. The van der Waals surface area contributed by atoms with E-state index in [0.717, 1.165) is 35.5 Å². The molecule has 130 valence electrons. The summed E-state index contributed by atoms with van der Waals surface area (Å²) < 4.78 is 6.00. The van der Waals surface area contributed by atoms with Crippen LogP contribution in [0.2, 0.25) is 0 Å². The lowest BCUT2D eigenvalue weighted by molar-refractivity contribution is -0.122. The first-order valence-corrected chi connectivity index (χ1v) is 9.49. The van der Waals surface area contributed by atoms with Crippen LogP contribution in [-0.4, -0.2) is 11.9 Å². The van der Waals surface area contributed by atoms with Crippen molar-refractivity contribution in [2.75, 3.05) is 0 Å². The summed E-state index contributed by atoms with van der Waals surface area (Å²) >= 11 is 0. The molecule has 0 saturated heterocycles. The molecule has 1 amide bonds. The Morgan fingerprint density at radius 2 is 1.32 bits per heavy atom. The molecule has 2 aromatic rings. The van der Waals surface area contributed by atoms with E-state index in [0.29, 0.717) is 6.04 Å². The fourth-order valence-corrected chi connectivity index (χ4v) is 4.08. The van der Waals surface area contributed by atoms with E-state index in [2.05, 4.69) is 5.32 Å². The highest BCUT2D eigenvalue weighted by Gasteiger charge is 2.33. The van der Waals surface area contributed by atoms with Crippen molar-refractivity contribution in [3.8, 4) is 11.5 Å². The largest absolute Gasteiger partial charge is 0.457 e. The maximum Gasteiger partial charge on any atom is 0.232 e. The Labute approximate surface area is 149 Å². The molecule has 0 unspecified atom stereocenters. The Kier molecular flexibility index (Phi) is 4.73. The van der Waals surface area contributed by atoms with Gasteiger partial charge >= 0.3 is 0 Å². The molecule has 3 heteroatoms. The number of hydrogen-bond acceptors (Lipinski definition) is 2. The fourth-order valence-electron chi connectivity index (χ4n) is 4.08. The quantitative estimate of drug-likeness (QED) is 0.824. The molecular weight excluding hydrogens is 310 g/mol. The highest BCUT2D eigenvalue weighted by Crippen LogP contribution is 2.44. The minimum atomic E-state index is -0.286. The molecule has 0 spiro atoms. The first-order chi connectivity index (χ1) is 12.3. The van der Waals surface area contributed by atoms with Gasteiger partial charge in [0.15, 0.2) is 0 Å². The minimum Gasteiger partial charge on any atom is -0.457 e. The summed E-state index contributed by atoms with van der Waals surface area (Å²) in [5, 5.41) is 3.34. The monoisotopic (exact) mass is 335 g/mol. The van der Waals surface area contributed by atoms with E-state index in [1.807, 2.05) is 48.5 Å². The highest BCUT2D eigenvalue weighted by molar-refractivity contribution is 5.89. The zero-order valence-electron chi connectivity index (χ0n) is 14.5. The molecular formula is C22H25NO2. The minimum absolute atomic E-state index is 0.105. The third kappa shape index (κ3) is 3.41.